The molecule has 23 heavy (non-hydrogen) atoms. The first-order valence-corrected chi connectivity index (χ1v) is 9.14. The number of nitrogens with two attached hydrogens (primary N) is 2. The minimum absolute atomic E-state index is 0.371. The normalized spacial score (nSPS) is 11.3. The first kappa shape index (κ1) is 19.9. The molecule has 0 amide bonds. The summed E-state index contributed by atoms with van der Waals surface area (Å²) in [6.07, 6.45) is 8.94. The summed E-state index contributed by atoms with van der Waals surface area (Å²) in [6.45, 7) is 5.79. The molecule has 0 atom stereocenters. The van der Waals surface area contributed by atoms with Gasteiger partial charge in [0, 0.05) is 38.3 Å². The monoisotopic (exact) mass is 321 g/mol. The van der Waals surface area contributed by atoms with Gasteiger partial charge < -0.3 is 16.6 Å². The van der Waals surface area contributed by atoms with E-state index in [1.54, 1.807) is 0 Å². The molecule has 132 valence electrons. The van der Waals surface area contributed by atoms with Crippen molar-refractivity contribution in [1.82, 2.24) is 4.90 Å². The van der Waals surface area contributed by atoms with Crippen molar-refractivity contribution < 1.29 is 5.11 Å². The van der Waals surface area contributed by atoms with Crippen LogP contribution in [0.25, 0.3) is 0 Å². The number of hydrogen-bond acceptors (Lipinski definition) is 4. The van der Waals surface area contributed by atoms with Gasteiger partial charge in [-0.15, -0.1) is 0 Å². The fourth-order valence-electron chi connectivity index (χ4n) is 2.91. The Morgan fingerprint density at radius 3 is 2.26 bits per heavy atom. The van der Waals surface area contributed by atoms with E-state index in [1.165, 1.54) is 44.1 Å². The average Bonchev–Trinajstić information content (AvgIpc) is 2.54. The van der Waals surface area contributed by atoms with Gasteiger partial charge in [0.1, 0.15) is 5.75 Å². The summed E-state index contributed by atoms with van der Waals surface area (Å²) in [7, 11) is 0. The third-order valence-electron chi connectivity index (χ3n) is 4.25. The van der Waals surface area contributed by atoms with Gasteiger partial charge in [-0.1, -0.05) is 51.2 Å². The van der Waals surface area contributed by atoms with Gasteiger partial charge >= 0.3 is 0 Å². The highest BCUT2D eigenvalue weighted by molar-refractivity contribution is 5.36. The van der Waals surface area contributed by atoms with E-state index in [4.69, 9.17) is 11.5 Å². The number of benzene rings is 1. The van der Waals surface area contributed by atoms with Crippen molar-refractivity contribution in [3.05, 3.63) is 29.3 Å². The van der Waals surface area contributed by atoms with E-state index in [9.17, 15) is 5.11 Å². The highest BCUT2D eigenvalue weighted by Crippen LogP contribution is 2.21. The lowest BCUT2D eigenvalue weighted by molar-refractivity contribution is 0.276. The van der Waals surface area contributed by atoms with Crippen molar-refractivity contribution in [2.45, 2.75) is 58.4 Å². The Labute approximate surface area is 141 Å². The lowest BCUT2D eigenvalue weighted by Crippen LogP contribution is -2.33. The van der Waals surface area contributed by atoms with Crippen LogP contribution in [0.4, 0.5) is 0 Å². The van der Waals surface area contributed by atoms with Gasteiger partial charge in [0.15, 0.2) is 0 Å². The highest BCUT2D eigenvalue weighted by atomic mass is 16.3. The Bertz CT molecular complexity index is 417. The minimum atomic E-state index is 0.371. The van der Waals surface area contributed by atoms with E-state index >= 15 is 0 Å². The second kappa shape index (κ2) is 12.3. The lowest BCUT2D eigenvalue weighted by atomic mass is 10.0. The Hall–Kier alpha value is -1.10. The molecule has 0 aliphatic heterocycles. The quantitative estimate of drug-likeness (QED) is 0.488. The smallest absolute Gasteiger partial charge is 0.120 e. The van der Waals surface area contributed by atoms with Gasteiger partial charge in [-0.25, -0.2) is 0 Å². The van der Waals surface area contributed by atoms with E-state index in [-0.39, 0.29) is 0 Å². The van der Waals surface area contributed by atoms with Crippen LogP contribution in [-0.4, -0.2) is 36.2 Å². The lowest BCUT2D eigenvalue weighted by Gasteiger charge is -2.21. The maximum absolute atomic E-state index is 10.1. The number of rotatable bonds is 13. The third kappa shape index (κ3) is 8.35. The number of phenolic OH excluding ortho intramolecular Hbond substituents is 1. The molecule has 1 aromatic rings. The Balaban J connectivity index is 2.50. The molecule has 1 aromatic carbocycles. The zero-order chi connectivity index (χ0) is 16.9. The first-order chi connectivity index (χ1) is 11.2. The number of hydrogen-bond donors (Lipinski definition) is 3. The second-order valence-corrected chi connectivity index (χ2v) is 6.33. The van der Waals surface area contributed by atoms with Crippen LogP contribution >= 0.6 is 0 Å². The largest absolute Gasteiger partial charge is 0.508 e. The van der Waals surface area contributed by atoms with Gasteiger partial charge in [0.2, 0.25) is 0 Å². The molecule has 5 N–H and O–H groups in total. The van der Waals surface area contributed by atoms with Crippen LogP contribution in [0.15, 0.2) is 18.2 Å². The molecule has 0 saturated carbocycles. The van der Waals surface area contributed by atoms with Gasteiger partial charge in [0.25, 0.3) is 0 Å². The van der Waals surface area contributed by atoms with E-state index < -0.39 is 0 Å². The Morgan fingerprint density at radius 2 is 1.61 bits per heavy atom. The maximum atomic E-state index is 10.1. The van der Waals surface area contributed by atoms with Crippen LogP contribution in [0.2, 0.25) is 0 Å². The van der Waals surface area contributed by atoms with E-state index in [1.807, 2.05) is 12.1 Å². The minimum Gasteiger partial charge on any atom is -0.508 e. The summed E-state index contributed by atoms with van der Waals surface area (Å²) in [5.41, 5.74) is 13.6. The molecule has 0 radical (unpaired) electrons. The van der Waals surface area contributed by atoms with E-state index in [0.717, 1.165) is 25.1 Å². The van der Waals surface area contributed by atoms with Crippen LogP contribution < -0.4 is 11.5 Å². The third-order valence-corrected chi connectivity index (χ3v) is 4.25. The van der Waals surface area contributed by atoms with Gasteiger partial charge in [-0.3, -0.25) is 4.90 Å². The van der Waals surface area contributed by atoms with Crippen molar-refractivity contribution in [1.29, 1.82) is 0 Å². The van der Waals surface area contributed by atoms with Crippen LogP contribution in [-0.2, 0) is 13.0 Å². The number of nitrogens with zero attached hydrogens (tertiary/aromatic N) is 1. The zero-order valence-electron chi connectivity index (χ0n) is 14.8. The van der Waals surface area contributed by atoms with E-state index in [0.29, 0.717) is 25.4 Å². The van der Waals surface area contributed by atoms with Gasteiger partial charge in [-0.2, -0.15) is 0 Å². The first-order valence-electron chi connectivity index (χ1n) is 9.14. The molecule has 0 fully saturated rings. The molecule has 0 unspecified atom stereocenters. The number of phenols is 1. The summed E-state index contributed by atoms with van der Waals surface area (Å²) in [4.78, 5) is 2.20. The van der Waals surface area contributed by atoms with Crippen molar-refractivity contribution in [2.24, 2.45) is 11.5 Å². The number of unbranched alkanes of at least 4 members (excludes halogenated alkanes) is 5. The summed E-state index contributed by atoms with van der Waals surface area (Å²) < 4.78 is 0. The topological polar surface area (TPSA) is 75.5 Å². The Kier molecular flexibility index (Phi) is 10.7. The molecular weight excluding hydrogens is 286 g/mol. The average molecular weight is 322 g/mol. The molecule has 0 aromatic heterocycles. The molecule has 0 heterocycles. The summed E-state index contributed by atoms with van der Waals surface area (Å²) in [5.74, 6) is 0.371. The van der Waals surface area contributed by atoms with Crippen molar-refractivity contribution in [3.8, 4) is 5.75 Å². The molecule has 0 aliphatic carbocycles. The molecule has 0 bridgehead atoms. The van der Waals surface area contributed by atoms with Crippen LogP contribution in [0.5, 0.6) is 5.75 Å². The number of aryl methyl sites for hydroxylation is 1. The predicted molar refractivity (Wildman–Crippen MR) is 98.6 cm³/mol. The van der Waals surface area contributed by atoms with Crippen molar-refractivity contribution in [2.75, 3.05) is 26.2 Å². The molecule has 0 spiro atoms. The van der Waals surface area contributed by atoms with Crippen LogP contribution in [0.1, 0.15) is 56.6 Å². The number of aromatic hydroxyl groups is 1. The Morgan fingerprint density at radius 1 is 0.957 bits per heavy atom. The van der Waals surface area contributed by atoms with Crippen LogP contribution in [0.3, 0.4) is 0 Å². The van der Waals surface area contributed by atoms with Gasteiger partial charge in [0.05, 0.1) is 0 Å². The molecule has 1 rings (SSSR count). The molecule has 0 saturated heterocycles. The molecule has 4 heteroatoms. The molecule has 4 nitrogen and oxygen atoms in total. The van der Waals surface area contributed by atoms with Crippen LogP contribution in [0, 0.1) is 0 Å². The maximum Gasteiger partial charge on any atom is 0.120 e. The van der Waals surface area contributed by atoms with Gasteiger partial charge in [-0.05, 0) is 24.5 Å². The van der Waals surface area contributed by atoms with E-state index in [2.05, 4.69) is 17.9 Å². The summed E-state index contributed by atoms with van der Waals surface area (Å²) in [6, 6.07) is 6.01. The highest BCUT2D eigenvalue weighted by Gasteiger charge is 2.09. The zero-order valence-corrected chi connectivity index (χ0v) is 14.8. The molecular formula is C19H35N3O. The predicted octanol–water partition coefficient (Wildman–Crippen LogP) is 3.01. The summed E-state index contributed by atoms with van der Waals surface area (Å²) in [5, 5.41) is 10.1. The summed E-state index contributed by atoms with van der Waals surface area (Å²) >= 11 is 0. The molecule has 0 aliphatic rings. The second-order valence-electron chi connectivity index (χ2n) is 6.33. The standard InChI is InChI=1S/C19H35N3O/c1-2-3-4-5-6-7-8-17-9-10-19(23)18(15-17)16-22(13-11-20)14-12-21/h9-10,15,23H,2-8,11-14,16,20-21H2,1H3. The van der Waals surface area contributed by atoms with Crippen molar-refractivity contribution in [3.63, 3.8) is 0 Å². The fraction of sp³-hybridized carbons (Fsp3) is 0.684. The van der Waals surface area contributed by atoms with Crippen molar-refractivity contribution >= 4 is 0 Å². The fourth-order valence-corrected chi connectivity index (χ4v) is 2.91. The SMILES string of the molecule is CCCCCCCCc1ccc(O)c(CN(CCN)CCN)c1.